The molecule has 2 aliphatic heterocycles. The maximum Gasteiger partial charge on any atom is 0.123 e. The minimum Gasteiger partial charge on any atom is -0.379 e. The lowest BCUT2D eigenvalue weighted by Crippen LogP contribution is -2.48. The van der Waals surface area contributed by atoms with Crippen LogP contribution in [-0.4, -0.2) is 61.8 Å². The van der Waals surface area contributed by atoms with Crippen LogP contribution in [0.1, 0.15) is 25.3 Å². The lowest BCUT2D eigenvalue weighted by atomic mass is 9.89. The largest absolute Gasteiger partial charge is 0.379 e. The zero-order valence-corrected chi connectivity index (χ0v) is 14.7. The summed E-state index contributed by atoms with van der Waals surface area (Å²) in [4.78, 5) is 5.11. The third kappa shape index (κ3) is 4.88. The molecule has 0 unspecified atom stereocenters. The fraction of sp³-hybridized carbons (Fsp3) is 0.600. The number of nitrogens with zero attached hydrogens (tertiary/aromatic N) is 2. The summed E-state index contributed by atoms with van der Waals surface area (Å²) in [7, 11) is 0. The maximum absolute atomic E-state index is 12.9. The Labute approximate surface area is 145 Å². The first-order chi connectivity index (χ1) is 11.7. The first-order valence-electron chi connectivity index (χ1n) is 9.18. The fourth-order valence-corrected chi connectivity index (χ4v) is 3.81. The monoisotopic (exact) mass is 332 g/mol. The van der Waals surface area contributed by atoms with Gasteiger partial charge in [0.25, 0.3) is 0 Å². The number of likely N-dealkylation sites (tertiary alicyclic amines) is 1. The number of ether oxygens (including phenoxy) is 1. The Morgan fingerprint density at radius 3 is 2.46 bits per heavy atom. The quantitative estimate of drug-likeness (QED) is 0.823. The number of hydrogen-bond donors (Lipinski definition) is 0. The molecule has 4 heteroatoms. The Hall–Kier alpha value is -1.23. The Morgan fingerprint density at radius 2 is 1.79 bits per heavy atom. The van der Waals surface area contributed by atoms with Crippen molar-refractivity contribution in [2.24, 2.45) is 5.92 Å². The molecule has 2 heterocycles. The highest BCUT2D eigenvalue weighted by Gasteiger charge is 2.28. The van der Waals surface area contributed by atoms with Gasteiger partial charge in [0, 0.05) is 25.7 Å². The average molecular weight is 332 g/mol. The molecule has 0 aromatic heterocycles. The van der Waals surface area contributed by atoms with E-state index in [0.717, 1.165) is 44.3 Å². The summed E-state index contributed by atoms with van der Waals surface area (Å²) in [6.07, 6.45) is 6.84. The highest BCUT2D eigenvalue weighted by Crippen LogP contribution is 2.24. The van der Waals surface area contributed by atoms with Gasteiger partial charge in [0.05, 0.1) is 13.2 Å². The molecule has 0 amide bonds. The standard InChI is InChI=1S/C20H29FN2O/c1-17(23-13-15-24-16-14-23)19-8-11-22(12-9-19)10-2-3-18-4-6-20(21)7-5-18/h2-7,17,19H,8-16H2,1H3/b3-2+/t17-/m1/s1. The van der Waals surface area contributed by atoms with Gasteiger partial charge in [-0.25, -0.2) is 4.39 Å². The molecule has 0 saturated carbocycles. The average Bonchev–Trinajstić information content (AvgIpc) is 2.64. The molecule has 2 fully saturated rings. The topological polar surface area (TPSA) is 15.7 Å². The van der Waals surface area contributed by atoms with E-state index in [1.54, 1.807) is 0 Å². The van der Waals surface area contributed by atoms with Crippen LogP contribution < -0.4 is 0 Å². The summed E-state index contributed by atoms with van der Waals surface area (Å²) < 4.78 is 18.4. The van der Waals surface area contributed by atoms with E-state index >= 15 is 0 Å². The molecule has 0 bridgehead atoms. The highest BCUT2D eigenvalue weighted by atomic mass is 19.1. The Kier molecular flexibility index (Phi) is 6.41. The van der Waals surface area contributed by atoms with Crippen LogP contribution in [0.15, 0.2) is 30.3 Å². The van der Waals surface area contributed by atoms with Gasteiger partial charge >= 0.3 is 0 Å². The molecule has 0 aliphatic carbocycles. The van der Waals surface area contributed by atoms with E-state index in [1.165, 1.54) is 38.1 Å². The summed E-state index contributed by atoms with van der Waals surface area (Å²) in [5.41, 5.74) is 1.06. The Bertz CT molecular complexity index is 517. The highest BCUT2D eigenvalue weighted by molar-refractivity contribution is 5.48. The van der Waals surface area contributed by atoms with Crippen LogP contribution in [0.4, 0.5) is 4.39 Å². The SMILES string of the molecule is C[C@H](C1CCN(C/C=C/c2ccc(F)cc2)CC1)N1CCOCC1. The molecule has 24 heavy (non-hydrogen) atoms. The Morgan fingerprint density at radius 1 is 1.12 bits per heavy atom. The van der Waals surface area contributed by atoms with Crippen LogP contribution in [-0.2, 0) is 4.74 Å². The number of piperidine rings is 1. The van der Waals surface area contributed by atoms with Gasteiger partial charge in [-0.1, -0.05) is 24.3 Å². The minimum atomic E-state index is -0.177. The molecule has 0 N–H and O–H groups in total. The first-order valence-corrected chi connectivity index (χ1v) is 9.18. The number of morpholine rings is 1. The van der Waals surface area contributed by atoms with Crippen LogP contribution in [0.2, 0.25) is 0 Å². The van der Waals surface area contributed by atoms with E-state index in [1.807, 2.05) is 12.1 Å². The number of hydrogen-bond acceptors (Lipinski definition) is 3. The molecule has 0 radical (unpaired) electrons. The van der Waals surface area contributed by atoms with Crippen molar-refractivity contribution in [3.8, 4) is 0 Å². The van der Waals surface area contributed by atoms with Gasteiger partial charge in [0.1, 0.15) is 5.82 Å². The van der Waals surface area contributed by atoms with E-state index in [2.05, 4.69) is 28.9 Å². The third-order valence-corrected chi connectivity index (χ3v) is 5.48. The summed E-state index contributed by atoms with van der Waals surface area (Å²) in [5.74, 6) is 0.629. The van der Waals surface area contributed by atoms with E-state index in [0.29, 0.717) is 6.04 Å². The molecule has 132 valence electrons. The number of halogens is 1. The van der Waals surface area contributed by atoms with Gasteiger partial charge in [-0.2, -0.15) is 0 Å². The number of benzene rings is 1. The van der Waals surface area contributed by atoms with Gasteiger partial charge in [0.2, 0.25) is 0 Å². The van der Waals surface area contributed by atoms with Gasteiger partial charge < -0.3 is 4.74 Å². The molecule has 3 nitrogen and oxygen atoms in total. The normalized spacial score (nSPS) is 22.9. The molecular formula is C20H29FN2O. The van der Waals surface area contributed by atoms with Crippen molar-refractivity contribution in [1.29, 1.82) is 0 Å². The summed E-state index contributed by atoms with van der Waals surface area (Å²) in [6.45, 7) is 9.66. The summed E-state index contributed by atoms with van der Waals surface area (Å²) in [6, 6.07) is 7.34. The zero-order valence-electron chi connectivity index (χ0n) is 14.7. The van der Waals surface area contributed by atoms with Gasteiger partial charge in [-0.15, -0.1) is 0 Å². The molecule has 3 rings (SSSR count). The van der Waals surface area contributed by atoms with Gasteiger partial charge in [0.15, 0.2) is 0 Å². The molecule has 2 aliphatic rings. The lowest BCUT2D eigenvalue weighted by Gasteiger charge is -2.40. The van der Waals surface area contributed by atoms with Gasteiger partial charge in [-0.05, 0) is 56.5 Å². The van der Waals surface area contributed by atoms with Crippen LogP contribution >= 0.6 is 0 Å². The predicted octanol–water partition coefficient (Wildman–Crippen LogP) is 3.27. The fourth-order valence-electron chi connectivity index (χ4n) is 3.81. The zero-order chi connectivity index (χ0) is 16.8. The van der Waals surface area contributed by atoms with Crippen LogP contribution in [0.3, 0.4) is 0 Å². The second kappa shape index (κ2) is 8.75. The van der Waals surface area contributed by atoms with Crippen LogP contribution in [0.25, 0.3) is 6.08 Å². The second-order valence-corrected chi connectivity index (χ2v) is 6.98. The maximum atomic E-state index is 12.9. The first kappa shape index (κ1) is 17.6. The number of rotatable bonds is 5. The van der Waals surface area contributed by atoms with Crippen molar-refractivity contribution in [2.45, 2.75) is 25.8 Å². The van der Waals surface area contributed by atoms with Crippen molar-refractivity contribution in [2.75, 3.05) is 45.9 Å². The van der Waals surface area contributed by atoms with Crippen LogP contribution in [0, 0.1) is 11.7 Å². The summed E-state index contributed by atoms with van der Waals surface area (Å²) in [5, 5.41) is 0. The van der Waals surface area contributed by atoms with E-state index in [4.69, 9.17) is 4.74 Å². The smallest absolute Gasteiger partial charge is 0.123 e. The summed E-state index contributed by atoms with van der Waals surface area (Å²) >= 11 is 0. The van der Waals surface area contributed by atoms with Crippen LogP contribution in [0.5, 0.6) is 0 Å². The van der Waals surface area contributed by atoms with Crippen molar-refractivity contribution >= 4 is 6.08 Å². The van der Waals surface area contributed by atoms with E-state index in [9.17, 15) is 4.39 Å². The lowest BCUT2D eigenvalue weighted by molar-refractivity contribution is -0.000953. The molecule has 0 spiro atoms. The second-order valence-electron chi connectivity index (χ2n) is 6.98. The van der Waals surface area contributed by atoms with Crippen molar-refractivity contribution in [1.82, 2.24) is 9.80 Å². The molecule has 2 saturated heterocycles. The van der Waals surface area contributed by atoms with Gasteiger partial charge in [-0.3, -0.25) is 9.80 Å². The van der Waals surface area contributed by atoms with Crippen molar-refractivity contribution < 1.29 is 9.13 Å². The minimum absolute atomic E-state index is 0.177. The predicted molar refractivity (Wildman–Crippen MR) is 96.5 cm³/mol. The molecular weight excluding hydrogens is 303 g/mol. The van der Waals surface area contributed by atoms with E-state index < -0.39 is 0 Å². The van der Waals surface area contributed by atoms with Crippen molar-refractivity contribution in [3.63, 3.8) is 0 Å². The van der Waals surface area contributed by atoms with Crippen molar-refractivity contribution in [3.05, 3.63) is 41.7 Å². The third-order valence-electron chi connectivity index (χ3n) is 5.48. The Balaban J connectivity index is 1.40. The molecule has 1 aromatic carbocycles. The molecule has 1 aromatic rings. The molecule has 1 atom stereocenters. The van der Waals surface area contributed by atoms with E-state index in [-0.39, 0.29) is 5.82 Å².